The highest BCUT2D eigenvalue weighted by molar-refractivity contribution is 7.80. The molecule has 0 saturated carbocycles. The van der Waals surface area contributed by atoms with Crippen LogP contribution in [0.15, 0.2) is 48.5 Å². The van der Waals surface area contributed by atoms with Gasteiger partial charge in [-0.2, -0.15) is 0 Å². The van der Waals surface area contributed by atoms with E-state index in [1.165, 1.54) is 30.5 Å². The number of nitrogens with one attached hydrogen (secondary N) is 2. The second kappa shape index (κ2) is 9.00. The second-order valence-electron chi connectivity index (χ2n) is 7.04. The van der Waals surface area contributed by atoms with Crippen molar-refractivity contribution in [2.75, 3.05) is 16.8 Å². The summed E-state index contributed by atoms with van der Waals surface area (Å²) in [4.78, 5) is 14.7. The third-order valence-corrected chi connectivity index (χ3v) is 5.32. The molecule has 1 heterocycles. The lowest BCUT2D eigenvalue weighted by atomic mass is 10.0. The van der Waals surface area contributed by atoms with Gasteiger partial charge < -0.3 is 10.2 Å². The van der Waals surface area contributed by atoms with Gasteiger partial charge >= 0.3 is 0 Å². The highest BCUT2D eigenvalue weighted by atomic mass is 32.1. The summed E-state index contributed by atoms with van der Waals surface area (Å²) >= 11 is 5.28. The van der Waals surface area contributed by atoms with Crippen LogP contribution in [0, 0.1) is 0 Å². The van der Waals surface area contributed by atoms with E-state index in [1.807, 2.05) is 36.4 Å². The van der Waals surface area contributed by atoms with Gasteiger partial charge in [0.25, 0.3) is 5.91 Å². The molecule has 1 amide bonds. The van der Waals surface area contributed by atoms with Crippen molar-refractivity contribution >= 4 is 34.6 Å². The van der Waals surface area contributed by atoms with E-state index in [4.69, 9.17) is 12.2 Å². The Morgan fingerprint density at radius 2 is 1.81 bits per heavy atom. The van der Waals surface area contributed by atoms with Gasteiger partial charge in [0, 0.05) is 29.5 Å². The summed E-state index contributed by atoms with van der Waals surface area (Å²) in [5, 5.41) is 6.13. The maximum Gasteiger partial charge on any atom is 0.257 e. The van der Waals surface area contributed by atoms with Gasteiger partial charge in [-0.25, -0.2) is 0 Å². The van der Waals surface area contributed by atoms with Crippen LogP contribution in [0.5, 0.6) is 0 Å². The highest BCUT2D eigenvalue weighted by Crippen LogP contribution is 2.25. The first-order valence-electron chi connectivity index (χ1n) is 9.65. The number of carbonyl (C=O) groups excluding carboxylic acids is 1. The van der Waals surface area contributed by atoms with Gasteiger partial charge in [-0.15, -0.1) is 0 Å². The minimum Gasteiger partial charge on any atom is -0.369 e. The van der Waals surface area contributed by atoms with Gasteiger partial charge in [-0.1, -0.05) is 19.1 Å². The number of aryl methyl sites for hydroxylation is 1. The second-order valence-corrected chi connectivity index (χ2v) is 7.45. The fourth-order valence-electron chi connectivity index (χ4n) is 3.45. The van der Waals surface area contributed by atoms with Gasteiger partial charge in [0.15, 0.2) is 5.11 Å². The fraction of sp³-hybridized carbons (Fsp3) is 0.364. The maximum absolute atomic E-state index is 12.3. The molecule has 2 aromatic carbocycles. The largest absolute Gasteiger partial charge is 0.369 e. The van der Waals surface area contributed by atoms with Gasteiger partial charge in [0.2, 0.25) is 0 Å². The Bertz CT molecular complexity index is 786. The summed E-state index contributed by atoms with van der Waals surface area (Å²) in [6.07, 6.45) is 4.76. The number of benzene rings is 2. The monoisotopic (exact) mass is 381 g/mol. The molecule has 142 valence electrons. The Morgan fingerprint density at radius 3 is 2.44 bits per heavy atom. The van der Waals surface area contributed by atoms with Crippen LogP contribution in [0.4, 0.5) is 11.4 Å². The Kier molecular flexibility index (Phi) is 6.45. The third kappa shape index (κ3) is 5.07. The number of nitrogens with zero attached hydrogens (tertiary/aromatic N) is 1. The van der Waals surface area contributed by atoms with Gasteiger partial charge in [0.05, 0.1) is 0 Å². The quantitative estimate of drug-likeness (QED) is 0.750. The smallest absolute Gasteiger partial charge is 0.257 e. The van der Waals surface area contributed by atoms with E-state index in [0.717, 1.165) is 18.7 Å². The molecule has 4 nitrogen and oxygen atoms in total. The van der Waals surface area contributed by atoms with Crippen molar-refractivity contribution in [3.8, 4) is 0 Å². The summed E-state index contributed by atoms with van der Waals surface area (Å²) in [5.41, 5.74) is 3.91. The van der Waals surface area contributed by atoms with E-state index < -0.39 is 0 Å². The normalized spacial score (nSPS) is 16.7. The third-order valence-electron chi connectivity index (χ3n) is 5.11. The molecule has 0 bridgehead atoms. The first kappa shape index (κ1) is 19.4. The van der Waals surface area contributed by atoms with Crippen molar-refractivity contribution in [1.29, 1.82) is 0 Å². The van der Waals surface area contributed by atoms with Crippen molar-refractivity contribution in [2.24, 2.45) is 0 Å². The zero-order valence-corrected chi connectivity index (χ0v) is 16.8. The van der Waals surface area contributed by atoms with E-state index in [9.17, 15) is 4.79 Å². The Hall–Kier alpha value is -2.40. The minimum atomic E-state index is -0.200. The summed E-state index contributed by atoms with van der Waals surface area (Å²) < 4.78 is 0. The molecule has 0 unspecified atom stereocenters. The number of thiocarbonyl (C=S) groups is 1. The molecule has 3 rings (SSSR count). The number of hydrogen-bond donors (Lipinski definition) is 2. The van der Waals surface area contributed by atoms with Crippen molar-refractivity contribution in [2.45, 2.75) is 45.6 Å². The lowest BCUT2D eigenvalue weighted by Gasteiger charge is -2.35. The molecule has 27 heavy (non-hydrogen) atoms. The van der Waals surface area contributed by atoms with Crippen LogP contribution in [-0.2, 0) is 6.42 Å². The molecule has 1 aliphatic rings. The van der Waals surface area contributed by atoms with Crippen LogP contribution in [0.25, 0.3) is 0 Å². The average Bonchev–Trinajstić information content (AvgIpc) is 2.69. The number of amides is 1. The van der Waals surface area contributed by atoms with Crippen molar-refractivity contribution in [3.05, 3.63) is 59.7 Å². The molecule has 5 heteroatoms. The Balaban J connectivity index is 1.56. The lowest BCUT2D eigenvalue weighted by Crippen LogP contribution is -2.37. The number of hydrogen-bond acceptors (Lipinski definition) is 3. The molecule has 0 aromatic heterocycles. The molecule has 1 atom stereocenters. The topological polar surface area (TPSA) is 44.4 Å². The first-order chi connectivity index (χ1) is 13.1. The molecule has 2 N–H and O–H groups in total. The fourth-order valence-corrected chi connectivity index (χ4v) is 3.66. The van der Waals surface area contributed by atoms with Crippen molar-refractivity contribution in [3.63, 3.8) is 0 Å². The molecule has 1 saturated heterocycles. The standard InChI is InChI=1S/C22H27N3OS/c1-3-17-7-9-18(10-8-17)21(26)24-22(27)23-19-11-13-20(14-12-19)25-15-5-4-6-16(25)2/h7-14,16H,3-6,15H2,1-2H3,(H2,23,24,26,27)/t16-/m1/s1. The number of piperidine rings is 1. The van der Waals surface area contributed by atoms with E-state index >= 15 is 0 Å². The Morgan fingerprint density at radius 1 is 1.11 bits per heavy atom. The van der Waals surface area contributed by atoms with Crippen molar-refractivity contribution < 1.29 is 4.79 Å². The summed E-state index contributed by atoms with van der Waals surface area (Å²) in [6, 6.07) is 16.4. The number of carbonyl (C=O) groups is 1. The van der Waals surface area contributed by atoms with Crippen LogP contribution in [0.1, 0.15) is 49.0 Å². The SMILES string of the molecule is CCc1ccc(C(=O)NC(=S)Nc2ccc(N3CCCC[C@H]3C)cc2)cc1. The maximum atomic E-state index is 12.3. The van der Waals surface area contributed by atoms with Crippen LogP contribution in [0.2, 0.25) is 0 Å². The van der Waals surface area contributed by atoms with Gasteiger partial charge in [-0.05, 0) is 86.8 Å². The van der Waals surface area contributed by atoms with Crippen LogP contribution in [-0.4, -0.2) is 23.6 Å². The van der Waals surface area contributed by atoms with Crippen molar-refractivity contribution in [1.82, 2.24) is 5.32 Å². The predicted molar refractivity (Wildman–Crippen MR) is 117 cm³/mol. The van der Waals surface area contributed by atoms with E-state index in [0.29, 0.717) is 16.7 Å². The van der Waals surface area contributed by atoms with Crippen LogP contribution < -0.4 is 15.5 Å². The molecule has 0 radical (unpaired) electrons. The molecular formula is C22H27N3OS. The molecule has 1 fully saturated rings. The average molecular weight is 382 g/mol. The predicted octanol–water partition coefficient (Wildman–Crippen LogP) is 4.75. The number of rotatable bonds is 4. The summed E-state index contributed by atoms with van der Waals surface area (Å²) in [5.74, 6) is -0.200. The molecule has 0 spiro atoms. The lowest BCUT2D eigenvalue weighted by molar-refractivity contribution is 0.0977. The highest BCUT2D eigenvalue weighted by Gasteiger charge is 2.18. The van der Waals surface area contributed by atoms with Crippen LogP contribution in [0.3, 0.4) is 0 Å². The van der Waals surface area contributed by atoms with Gasteiger partial charge in [0.1, 0.15) is 0 Å². The molecular weight excluding hydrogens is 354 g/mol. The number of anilines is 2. The Labute approximate surface area is 167 Å². The molecule has 1 aliphatic heterocycles. The zero-order valence-electron chi connectivity index (χ0n) is 16.0. The summed E-state index contributed by atoms with van der Waals surface area (Å²) in [6.45, 7) is 5.48. The van der Waals surface area contributed by atoms with E-state index in [-0.39, 0.29) is 5.91 Å². The molecule has 0 aliphatic carbocycles. The zero-order chi connectivity index (χ0) is 19.2. The van der Waals surface area contributed by atoms with Crippen LogP contribution >= 0.6 is 12.2 Å². The van der Waals surface area contributed by atoms with E-state index in [1.54, 1.807) is 0 Å². The first-order valence-corrected chi connectivity index (χ1v) is 10.1. The summed E-state index contributed by atoms with van der Waals surface area (Å²) in [7, 11) is 0. The minimum absolute atomic E-state index is 0.200. The van der Waals surface area contributed by atoms with E-state index in [2.05, 4.69) is 41.5 Å². The van der Waals surface area contributed by atoms with Gasteiger partial charge in [-0.3, -0.25) is 10.1 Å². The molecule has 2 aromatic rings.